The van der Waals surface area contributed by atoms with Crippen LogP contribution in [0.4, 0.5) is 10.5 Å². The summed E-state index contributed by atoms with van der Waals surface area (Å²) in [6.45, 7) is 5.07. The Bertz CT molecular complexity index is 1330. The Morgan fingerprint density at radius 1 is 0.946 bits per heavy atom. The van der Waals surface area contributed by atoms with E-state index < -0.39 is 29.0 Å². The zero-order valence-corrected chi connectivity index (χ0v) is 21.1. The summed E-state index contributed by atoms with van der Waals surface area (Å²) in [5, 5.41) is 3.39. The minimum absolute atomic E-state index is 0.0681. The first-order chi connectivity index (χ1) is 17.6. The van der Waals surface area contributed by atoms with Crippen LogP contribution in [0.5, 0.6) is 0 Å². The van der Waals surface area contributed by atoms with Crippen LogP contribution in [0.1, 0.15) is 43.9 Å². The third-order valence-corrected chi connectivity index (χ3v) is 5.84. The van der Waals surface area contributed by atoms with E-state index >= 15 is 0 Å². The number of nitrogens with zero attached hydrogens (tertiary/aromatic N) is 2. The van der Waals surface area contributed by atoms with Crippen molar-refractivity contribution < 1.29 is 19.1 Å². The fourth-order valence-electron chi connectivity index (χ4n) is 4.13. The highest BCUT2D eigenvalue weighted by Gasteiger charge is 2.52. The molecule has 8 nitrogen and oxygen atoms in total. The number of amides is 2. The summed E-state index contributed by atoms with van der Waals surface area (Å²) in [5.74, 6) is 4.83. The molecule has 0 aliphatic carbocycles. The van der Waals surface area contributed by atoms with Gasteiger partial charge in [0.05, 0.1) is 11.4 Å². The molecule has 1 aliphatic heterocycles. The largest absolute Gasteiger partial charge is 0.444 e. The lowest BCUT2D eigenvalue weighted by Crippen LogP contribution is -2.65. The molecule has 3 N–H and O–H groups in total. The van der Waals surface area contributed by atoms with Crippen LogP contribution < -0.4 is 16.2 Å². The summed E-state index contributed by atoms with van der Waals surface area (Å²) in [5.41, 5.74) is -0.387. The zero-order chi connectivity index (χ0) is 26.6. The lowest BCUT2D eigenvalue weighted by atomic mass is 9.96. The van der Waals surface area contributed by atoms with E-state index in [9.17, 15) is 14.4 Å². The normalized spacial score (nSPS) is 17.4. The number of hydrazine groups is 1. The van der Waals surface area contributed by atoms with Crippen LogP contribution >= 0.6 is 0 Å². The maximum Gasteiger partial charge on any atom is 0.410 e. The van der Waals surface area contributed by atoms with Gasteiger partial charge in [-0.25, -0.2) is 20.6 Å². The van der Waals surface area contributed by atoms with E-state index in [1.165, 1.54) is 0 Å². The van der Waals surface area contributed by atoms with Gasteiger partial charge in [0.25, 0.3) is 11.6 Å². The van der Waals surface area contributed by atoms with Crippen LogP contribution in [0.25, 0.3) is 0 Å². The van der Waals surface area contributed by atoms with Gasteiger partial charge in [0.2, 0.25) is 0 Å². The Morgan fingerprint density at radius 2 is 1.54 bits per heavy atom. The van der Waals surface area contributed by atoms with Gasteiger partial charge in [-0.15, -0.1) is 0 Å². The Kier molecular flexibility index (Phi) is 7.22. The van der Waals surface area contributed by atoms with Crippen molar-refractivity contribution in [1.29, 1.82) is 0 Å². The Morgan fingerprint density at radius 3 is 2.19 bits per heavy atom. The average Bonchev–Trinajstić information content (AvgIpc) is 2.97. The van der Waals surface area contributed by atoms with Crippen LogP contribution in [-0.4, -0.2) is 34.8 Å². The number of ketones is 1. The summed E-state index contributed by atoms with van der Waals surface area (Å²) < 4.78 is 5.44. The number of fused-ring (bicyclic) bond motifs is 1. The van der Waals surface area contributed by atoms with E-state index in [0.717, 1.165) is 10.6 Å². The van der Waals surface area contributed by atoms with Gasteiger partial charge in [-0.2, -0.15) is 0 Å². The van der Waals surface area contributed by atoms with Gasteiger partial charge in [-0.3, -0.25) is 14.9 Å². The number of alkyl carbamates (subject to hydrolysis) is 1. The van der Waals surface area contributed by atoms with Crippen molar-refractivity contribution in [2.45, 2.75) is 44.9 Å². The second-order valence-electron chi connectivity index (χ2n) is 9.76. The molecule has 3 aromatic carbocycles. The molecule has 4 rings (SSSR count). The number of nitrogens with one attached hydrogen (secondary N) is 1. The zero-order valence-electron chi connectivity index (χ0n) is 21.1. The second-order valence-corrected chi connectivity index (χ2v) is 9.76. The average molecular weight is 499 g/mol. The summed E-state index contributed by atoms with van der Waals surface area (Å²) in [6.07, 6.45) is -0.677. The lowest BCUT2D eigenvalue weighted by Gasteiger charge is -2.31. The molecule has 0 saturated carbocycles. The second kappa shape index (κ2) is 10.4. The van der Waals surface area contributed by atoms with Crippen molar-refractivity contribution in [3.63, 3.8) is 0 Å². The molecule has 0 unspecified atom stereocenters. The third-order valence-electron chi connectivity index (χ3n) is 5.84. The van der Waals surface area contributed by atoms with E-state index in [1.807, 2.05) is 60.7 Å². The smallest absolute Gasteiger partial charge is 0.410 e. The predicted molar refractivity (Wildman–Crippen MR) is 142 cm³/mol. The number of ether oxygens (including phenoxy) is 1. The molecular weight excluding hydrogens is 468 g/mol. The van der Waals surface area contributed by atoms with Crippen LogP contribution in [0.15, 0.2) is 89.9 Å². The molecule has 37 heavy (non-hydrogen) atoms. The Labute approximate surface area is 216 Å². The highest BCUT2D eigenvalue weighted by atomic mass is 16.6. The molecule has 0 bridgehead atoms. The first-order valence-corrected chi connectivity index (χ1v) is 12.0. The first kappa shape index (κ1) is 25.8. The number of benzene rings is 3. The van der Waals surface area contributed by atoms with E-state index in [-0.39, 0.29) is 6.42 Å². The molecule has 0 fully saturated rings. The van der Waals surface area contributed by atoms with Gasteiger partial charge in [0.15, 0.2) is 5.78 Å². The van der Waals surface area contributed by atoms with Crippen molar-refractivity contribution in [3.8, 4) is 0 Å². The number of rotatable bonds is 6. The Balaban J connectivity index is 1.88. The van der Waals surface area contributed by atoms with Crippen molar-refractivity contribution in [2.75, 3.05) is 5.01 Å². The number of hydrogen-bond donors (Lipinski definition) is 2. The van der Waals surface area contributed by atoms with Crippen LogP contribution in [0.2, 0.25) is 0 Å². The molecular formula is C29H30N4O4. The standard InChI is InChI=1S/C29H30N4O4/c1-28(2,3)37-27(36)32-29(24(34)19-18-20-12-6-4-7-13-20)26(35)33(30)23-17-11-10-16-22(23)25(31-29)21-14-8-5-9-15-21/h4-17H,18-19,30H2,1-3H3,(H,32,36)/t29-/m1/s1. The number of benzodiazepines with no additional fused rings is 1. The number of carbonyl (C=O) groups excluding carboxylic acids is 3. The number of anilines is 1. The summed E-state index contributed by atoms with van der Waals surface area (Å²) in [7, 11) is 0. The minimum atomic E-state index is -2.34. The molecule has 190 valence electrons. The monoisotopic (exact) mass is 498 g/mol. The molecule has 2 amide bonds. The molecule has 0 aromatic heterocycles. The number of Topliss-reactive ketones (excluding diaryl/α,β-unsaturated/α-hetero) is 1. The molecule has 1 heterocycles. The maximum absolute atomic E-state index is 14.0. The van der Waals surface area contributed by atoms with Crippen molar-refractivity contribution >= 4 is 29.2 Å². The fourth-order valence-corrected chi connectivity index (χ4v) is 4.13. The fraction of sp³-hybridized carbons (Fsp3) is 0.241. The molecule has 0 spiro atoms. The van der Waals surface area contributed by atoms with Crippen molar-refractivity contribution in [3.05, 3.63) is 102 Å². The van der Waals surface area contributed by atoms with Gasteiger partial charge >= 0.3 is 6.09 Å². The van der Waals surface area contributed by atoms with Gasteiger partial charge in [0.1, 0.15) is 5.60 Å². The highest BCUT2D eigenvalue weighted by Crippen LogP contribution is 2.31. The number of aryl methyl sites for hydroxylation is 1. The van der Waals surface area contributed by atoms with Crippen LogP contribution in [0, 0.1) is 0 Å². The van der Waals surface area contributed by atoms with Gasteiger partial charge in [-0.05, 0) is 38.8 Å². The molecule has 0 saturated heterocycles. The van der Waals surface area contributed by atoms with E-state index in [1.54, 1.807) is 45.0 Å². The van der Waals surface area contributed by atoms with Gasteiger partial charge in [-0.1, -0.05) is 78.9 Å². The van der Waals surface area contributed by atoms with Crippen LogP contribution in [0.3, 0.4) is 0 Å². The van der Waals surface area contributed by atoms with Gasteiger partial charge < -0.3 is 4.74 Å². The number of carbonyl (C=O) groups is 3. The first-order valence-electron chi connectivity index (χ1n) is 12.0. The van der Waals surface area contributed by atoms with Crippen molar-refractivity contribution in [1.82, 2.24) is 5.32 Å². The van der Waals surface area contributed by atoms with Gasteiger partial charge in [0, 0.05) is 17.5 Å². The number of hydrogen-bond acceptors (Lipinski definition) is 6. The quantitative estimate of drug-likeness (QED) is 0.301. The lowest BCUT2D eigenvalue weighted by molar-refractivity contribution is -0.136. The molecule has 0 radical (unpaired) electrons. The molecule has 1 atom stereocenters. The number of nitrogens with two attached hydrogens (primary N) is 1. The maximum atomic E-state index is 14.0. The van der Waals surface area contributed by atoms with E-state index in [4.69, 9.17) is 15.6 Å². The summed E-state index contributed by atoms with van der Waals surface area (Å²) >= 11 is 0. The Hall–Kier alpha value is -4.30. The number of para-hydroxylation sites is 1. The summed E-state index contributed by atoms with van der Waals surface area (Å²) in [6, 6.07) is 25.5. The SMILES string of the molecule is CC(C)(C)OC(=O)N[C@@]1(C(=O)CCc2ccccc2)N=C(c2ccccc2)c2ccccc2N(N)C1=O. The third kappa shape index (κ3) is 5.59. The minimum Gasteiger partial charge on any atom is -0.444 e. The molecule has 8 heteroatoms. The van der Waals surface area contributed by atoms with E-state index in [0.29, 0.717) is 28.9 Å². The summed E-state index contributed by atoms with van der Waals surface area (Å²) in [4.78, 5) is 45.7. The predicted octanol–water partition coefficient (Wildman–Crippen LogP) is 4.17. The molecule has 3 aromatic rings. The van der Waals surface area contributed by atoms with Crippen LogP contribution in [-0.2, 0) is 20.7 Å². The molecule has 1 aliphatic rings. The van der Waals surface area contributed by atoms with E-state index in [2.05, 4.69) is 5.32 Å². The highest BCUT2D eigenvalue weighted by molar-refractivity contribution is 6.26. The number of aliphatic imine (C=N–C) groups is 1. The topological polar surface area (TPSA) is 114 Å². The van der Waals surface area contributed by atoms with Crippen molar-refractivity contribution in [2.24, 2.45) is 10.8 Å².